The van der Waals surface area contributed by atoms with Crippen LogP contribution in [0, 0.1) is 18.8 Å². The van der Waals surface area contributed by atoms with Gasteiger partial charge in [-0.2, -0.15) is 0 Å². The van der Waals surface area contributed by atoms with Gasteiger partial charge in [0, 0.05) is 49.8 Å². The lowest BCUT2D eigenvalue weighted by Gasteiger charge is -2.46. The molecule has 2 aliphatic carbocycles. The molecule has 1 saturated heterocycles. The molecule has 55 heavy (non-hydrogen) atoms. The van der Waals surface area contributed by atoms with E-state index in [9.17, 15) is 13.2 Å². The molecule has 1 aliphatic heterocycles. The Morgan fingerprint density at radius 3 is 2.56 bits per heavy atom. The monoisotopic (exact) mass is 761 g/mol. The minimum atomic E-state index is -4.73. The summed E-state index contributed by atoms with van der Waals surface area (Å²) < 4.78 is 63.1. The quantitative estimate of drug-likeness (QED) is 0.122. The number of nitrogens with one attached hydrogen (secondary N) is 2. The number of aryl methyl sites for hydroxylation is 2. The van der Waals surface area contributed by atoms with Crippen molar-refractivity contribution in [3.8, 4) is 11.5 Å². The number of aromatic nitrogens is 5. The number of hydrogen-bond donors (Lipinski definition) is 2. The van der Waals surface area contributed by atoms with Gasteiger partial charge in [0.1, 0.15) is 41.2 Å². The van der Waals surface area contributed by atoms with E-state index in [1.807, 2.05) is 26.0 Å². The number of alkyl halides is 3. The van der Waals surface area contributed by atoms with Crippen molar-refractivity contribution in [1.82, 2.24) is 29.4 Å². The van der Waals surface area contributed by atoms with Crippen LogP contribution in [-0.4, -0.2) is 79.5 Å². The molecular weight excluding hydrogens is 711 g/mol. The fourth-order valence-electron chi connectivity index (χ4n) is 9.02. The molecule has 2 aromatic carbocycles. The SMILES string of the molecule is COc1ccc(CNc2ncnc3c2ccn3[C@@H]2C[C@H](CN(C(C)C)C3CC(CCc4nc5ccc(OC(F)(F)F)cc5[nH]4)C3)[C@H]3OC(C)(C)O[C@H]32)c(C)c1. The van der Waals surface area contributed by atoms with Crippen LogP contribution in [0.5, 0.6) is 11.5 Å². The minimum Gasteiger partial charge on any atom is -0.497 e. The van der Waals surface area contributed by atoms with Crippen molar-refractivity contribution in [1.29, 1.82) is 0 Å². The molecule has 5 aromatic rings. The maximum Gasteiger partial charge on any atom is 0.573 e. The predicted molar refractivity (Wildman–Crippen MR) is 203 cm³/mol. The summed E-state index contributed by atoms with van der Waals surface area (Å²) in [5.41, 5.74) is 4.38. The zero-order chi connectivity index (χ0) is 38.6. The van der Waals surface area contributed by atoms with Gasteiger partial charge in [0.25, 0.3) is 0 Å². The highest BCUT2D eigenvalue weighted by molar-refractivity contribution is 5.87. The van der Waals surface area contributed by atoms with Crippen LogP contribution in [0.4, 0.5) is 19.0 Å². The first-order chi connectivity index (χ1) is 26.2. The largest absolute Gasteiger partial charge is 0.573 e. The number of rotatable bonds is 13. The summed E-state index contributed by atoms with van der Waals surface area (Å²) in [5, 5.41) is 4.51. The Bertz CT molecular complexity index is 2140. The lowest BCUT2D eigenvalue weighted by molar-refractivity contribution is -0.274. The van der Waals surface area contributed by atoms with Crippen molar-refractivity contribution < 1.29 is 32.1 Å². The summed E-state index contributed by atoms with van der Waals surface area (Å²) in [6.07, 6.45) is 3.69. The van der Waals surface area contributed by atoms with Crippen LogP contribution in [0.1, 0.15) is 76.4 Å². The molecule has 3 aliphatic rings. The molecule has 4 atom stereocenters. The number of nitrogens with zero attached hydrogens (tertiary/aromatic N) is 5. The molecule has 2 saturated carbocycles. The normalized spacial score (nSPS) is 24.9. The van der Waals surface area contributed by atoms with Gasteiger partial charge in [-0.25, -0.2) is 15.0 Å². The van der Waals surface area contributed by atoms with Crippen molar-refractivity contribution in [2.45, 2.75) is 116 Å². The van der Waals surface area contributed by atoms with Gasteiger partial charge in [-0.1, -0.05) is 6.07 Å². The molecule has 294 valence electrons. The van der Waals surface area contributed by atoms with Gasteiger partial charge in [-0.15, -0.1) is 13.2 Å². The fraction of sp³-hybridized carbons (Fsp3) is 0.537. The highest BCUT2D eigenvalue weighted by Gasteiger charge is 2.55. The second-order valence-electron chi connectivity index (χ2n) is 16.2. The standard InChI is InChI=1S/C41H50F3N7O4/c1-23(2)51(28-16-25(17-28)7-12-35-48-32-11-10-30(19-33(32)49-35)53-41(42,43)44)21-27-18-34(37-36(27)54-40(4,5)55-37)50-14-13-31-38(46-22-47-39(31)50)45-20-26-8-9-29(52-6)15-24(26)3/h8-11,13-15,19,22-23,25,27-28,34,36-37H,7,12,16-18,20-21H2,1-6H3,(H,48,49)(H,45,46,47)/t25?,27-,28?,34-,36-,37+/m1/s1. The Morgan fingerprint density at radius 1 is 1.04 bits per heavy atom. The average Bonchev–Trinajstić information content (AvgIpc) is 3.87. The zero-order valence-electron chi connectivity index (χ0n) is 32.2. The highest BCUT2D eigenvalue weighted by Crippen LogP contribution is 2.49. The smallest absolute Gasteiger partial charge is 0.497 e. The van der Waals surface area contributed by atoms with Gasteiger partial charge in [0.05, 0.1) is 35.7 Å². The Morgan fingerprint density at radius 2 is 1.82 bits per heavy atom. The third kappa shape index (κ3) is 7.86. The number of methoxy groups -OCH3 is 1. The van der Waals surface area contributed by atoms with Gasteiger partial charge in [0.15, 0.2) is 5.79 Å². The average molecular weight is 762 g/mol. The number of hydrogen-bond acceptors (Lipinski definition) is 9. The molecule has 0 radical (unpaired) electrons. The predicted octanol–water partition coefficient (Wildman–Crippen LogP) is 8.34. The molecule has 3 fully saturated rings. The Balaban J connectivity index is 0.919. The van der Waals surface area contributed by atoms with Crippen molar-refractivity contribution in [3.05, 3.63) is 71.9 Å². The summed E-state index contributed by atoms with van der Waals surface area (Å²) in [5.74, 6) is 2.32. The molecule has 0 spiro atoms. The van der Waals surface area contributed by atoms with E-state index < -0.39 is 12.1 Å². The van der Waals surface area contributed by atoms with Gasteiger partial charge in [-0.05, 0) is 108 Å². The molecule has 0 bridgehead atoms. The molecule has 0 amide bonds. The Labute approximate surface area is 318 Å². The van der Waals surface area contributed by atoms with Gasteiger partial charge >= 0.3 is 6.36 Å². The van der Waals surface area contributed by atoms with E-state index in [0.717, 1.165) is 72.6 Å². The van der Waals surface area contributed by atoms with E-state index in [1.165, 1.54) is 17.7 Å². The van der Waals surface area contributed by atoms with Crippen LogP contribution < -0.4 is 14.8 Å². The van der Waals surface area contributed by atoms with E-state index in [-0.39, 0.29) is 29.9 Å². The van der Waals surface area contributed by atoms with Crippen molar-refractivity contribution in [2.24, 2.45) is 11.8 Å². The lowest BCUT2D eigenvalue weighted by Crippen LogP contribution is -2.51. The highest BCUT2D eigenvalue weighted by atomic mass is 19.4. The second-order valence-corrected chi connectivity index (χ2v) is 16.2. The van der Waals surface area contributed by atoms with Crippen LogP contribution in [0.15, 0.2) is 55.0 Å². The van der Waals surface area contributed by atoms with Crippen LogP contribution in [0.2, 0.25) is 0 Å². The van der Waals surface area contributed by atoms with Crippen molar-refractivity contribution in [3.63, 3.8) is 0 Å². The first kappa shape index (κ1) is 37.5. The van der Waals surface area contributed by atoms with Gasteiger partial charge < -0.3 is 33.8 Å². The zero-order valence-corrected chi connectivity index (χ0v) is 32.2. The van der Waals surface area contributed by atoms with Crippen LogP contribution in [0.25, 0.3) is 22.1 Å². The van der Waals surface area contributed by atoms with E-state index in [1.54, 1.807) is 19.5 Å². The lowest BCUT2D eigenvalue weighted by atomic mass is 9.76. The molecule has 8 rings (SSSR count). The minimum absolute atomic E-state index is 0.0396. The number of anilines is 1. The van der Waals surface area contributed by atoms with E-state index in [4.69, 9.17) is 19.2 Å². The molecule has 0 unspecified atom stereocenters. The Hall–Kier alpha value is -4.40. The van der Waals surface area contributed by atoms with E-state index in [0.29, 0.717) is 35.6 Å². The molecule has 4 heterocycles. The molecular formula is C41H50F3N7O4. The molecule has 11 nitrogen and oxygen atoms in total. The first-order valence-corrected chi connectivity index (χ1v) is 19.3. The number of aromatic amines is 1. The fourth-order valence-corrected chi connectivity index (χ4v) is 9.02. The van der Waals surface area contributed by atoms with E-state index in [2.05, 4.69) is 73.6 Å². The molecule has 14 heteroatoms. The van der Waals surface area contributed by atoms with E-state index >= 15 is 0 Å². The van der Waals surface area contributed by atoms with Crippen LogP contribution >= 0.6 is 0 Å². The van der Waals surface area contributed by atoms with Crippen molar-refractivity contribution in [2.75, 3.05) is 19.0 Å². The second kappa shape index (κ2) is 14.6. The number of benzene rings is 2. The number of H-pyrrole nitrogens is 1. The Kier molecular flexibility index (Phi) is 9.96. The topological polar surface area (TPSA) is 112 Å². The number of imidazole rings is 1. The maximum atomic E-state index is 12.7. The number of halogens is 3. The first-order valence-electron chi connectivity index (χ1n) is 19.3. The summed E-state index contributed by atoms with van der Waals surface area (Å²) in [4.78, 5) is 19.8. The van der Waals surface area contributed by atoms with Gasteiger partial charge in [0.2, 0.25) is 0 Å². The molecule has 3 aromatic heterocycles. The summed E-state index contributed by atoms with van der Waals surface area (Å²) >= 11 is 0. The summed E-state index contributed by atoms with van der Waals surface area (Å²) in [6, 6.07) is 13.3. The number of fused-ring (bicyclic) bond motifs is 3. The maximum absolute atomic E-state index is 12.7. The third-order valence-corrected chi connectivity index (χ3v) is 11.7. The summed E-state index contributed by atoms with van der Waals surface area (Å²) in [6.45, 7) is 12.2. The summed E-state index contributed by atoms with van der Waals surface area (Å²) in [7, 11) is 1.68. The van der Waals surface area contributed by atoms with Crippen LogP contribution in [0.3, 0.4) is 0 Å². The van der Waals surface area contributed by atoms with Crippen molar-refractivity contribution >= 4 is 27.9 Å². The van der Waals surface area contributed by atoms with Crippen LogP contribution in [-0.2, 0) is 22.4 Å². The third-order valence-electron chi connectivity index (χ3n) is 11.7. The number of ether oxygens (including phenoxy) is 4. The molecule has 2 N–H and O–H groups in total. The van der Waals surface area contributed by atoms with Gasteiger partial charge in [-0.3, -0.25) is 4.90 Å².